The summed E-state index contributed by atoms with van der Waals surface area (Å²) in [6.45, 7) is 17.3. The molecule has 0 atom stereocenters. The van der Waals surface area contributed by atoms with Crippen molar-refractivity contribution in [2.45, 2.75) is 59.5 Å². The minimum Gasteiger partial charge on any atom is -0.358 e. The van der Waals surface area contributed by atoms with Crippen molar-refractivity contribution in [3.63, 3.8) is 0 Å². The van der Waals surface area contributed by atoms with Gasteiger partial charge >= 0.3 is 0 Å². The number of halogens is 1. The Hall–Kier alpha value is -4.45. The van der Waals surface area contributed by atoms with Crippen molar-refractivity contribution < 1.29 is 4.39 Å². The van der Waals surface area contributed by atoms with E-state index in [1.54, 1.807) is 26.1 Å². The second kappa shape index (κ2) is 12.8. The number of aryl methyl sites for hydroxylation is 2. The number of pyridine rings is 4. The Kier molecular flexibility index (Phi) is 9.23. The van der Waals surface area contributed by atoms with E-state index in [2.05, 4.69) is 58.6 Å². The van der Waals surface area contributed by atoms with Gasteiger partial charge in [0.15, 0.2) is 0 Å². The van der Waals surface area contributed by atoms with Gasteiger partial charge in [-0.05, 0) is 98.4 Å². The summed E-state index contributed by atoms with van der Waals surface area (Å²) in [6, 6.07) is 12.1. The summed E-state index contributed by atoms with van der Waals surface area (Å²) in [5, 5.41) is 3.28. The maximum Gasteiger partial charge on any atom is 0.132 e. The van der Waals surface area contributed by atoms with E-state index in [9.17, 15) is 4.39 Å². The molecular weight excluding hydrogens is 509 g/mol. The van der Waals surface area contributed by atoms with Gasteiger partial charge in [-0.25, -0.2) is 4.39 Å². The third-order valence-electron chi connectivity index (χ3n) is 7.00. The lowest BCUT2D eigenvalue weighted by atomic mass is 9.97. The van der Waals surface area contributed by atoms with E-state index < -0.39 is 5.67 Å². The van der Waals surface area contributed by atoms with Crippen molar-refractivity contribution in [2.24, 2.45) is 0 Å². The van der Waals surface area contributed by atoms with Gasteiger partial charge in [0, 0.05) is 53.2 Å². The van der Waals surface area contributed by atoms with Gasteiger partial charge in [-0.1, -0.05) is 33.1 Å². The first-order valence-electron chi connectivity index (χ1n) is 14.0. The van der Waals surface area contributed by atoms with Crippen LogP contribution in [0.2, 0.25) is 0 Å². The standard InChI is InChI=1S/C35H38FN5/c1-8-26(27-13-14-37-30(9-2)18-27)16-28-17-29(21-38-24(28)5)34-12-11-25(20-39-34)15-23(4)41-31-19-32(35(6,7)36)33(10-3)40-22-31/h9,11-14,16-22,41H,2,4,8,10,15H2,1,3,5-7H3/b26-16+. The van der Waals surface area contributed by atoms with Gasteiger partial charge in [0.05, 0.1) is 23.3 Å². The Morgan fingerprint density at radius 2 is 1.80 bits per heavy atom. The highest BCUT2D eigenvalue weighted by Crippen LogP contribution is 2.30. The van der Waals surface area contributed by atoms with Crippen molar-refractivity contribution in [1.82, 2.24) is 19.9 Å². The van der Waals surface area contributed by atoms with Crippen LogP contribution in [0, 0.1) is 6.92 Å². The number of hydrogen-bond donors (Lipinski definition) is 1. The monoisotopic (exact) mass is 547 g/mol. The maximum atomic E-state index is 14.7. The van der Waals surface area contributed by atoms with Gasteiger partial charge in [0.25, 0.3) is 0 Å². The molecule has 0 unspecified atom stereocenters. The Bertz CT molecular complexity index is 1580. The third-order valence-corrected chi connectivity index (χ3v) is 7.00. The molecule has 0 aliphatic carbocycles. The van der Waals surface area contributed by atoms with Gasteiger partial charge in [-0.2, -0.15) is 0 Å². The number of rotatable bonds is 11. The minimum atomic E-state index is -1.47. The number of aromatic nitrogens is 4. The predicted octanol–water partition coefficient (Wildman–Crippen LogP) is 8.77. The maximum absolute atomic E-state index is 14.7. The summed E-state index contributed by atoms with van der Waals surface area (Å²) >= 11 is 0. The van der Waals surface area contributed by atoms with Crippen LogP contribution in [0.4, 0.5) is 10.1 Å². The highest BCUT2D eigenvalue weighted by atomic mass is 19.1. The van der Waals surface area contributed by atoms with Crippen molar-refractivity contribution in [3.05, 3.63) is 119 Å². The third kappa shape index (κ3) is 7.40. The van der Waals surface area contributed by atoms with Crippen LogP contribution in [0.1, 0.15) is 73.5 Å². The first-order chi connectivity index (χ1) is 19.6. The lowest BCUT2D eigenvalue weighted by Crippen LogP contribution is -2.14. The molecular formula is C35H38FN5. The quantitative estimate of drug-likeness (QED) is 0.203. The molecule has 0 bridgehead atoms. The fourth-order valence-corrected chi connectivity index (χ4v) is 4.73. The Labute approximate surface area is 243 Å². The molecule has 0 aliphatic heterocycles. The molecule has 0 aliphatic rings. The fraction of sp³-hybridized carbons (Fsp3) is 0.257. The number of nitrogens with zero attached hydrogens (tertiary/aromatic N) is 4. The van der Waals surface area contributed by atoms with E-state index in [4.69, 9.17) is 4.98 Å². The lowest BCUT2D eigenvalue weighted by Gasteiger charge is -2.20. The first kappa shape index (κ1) is 29.5. The molecule has 5 nitrogen and oxygen atoms in total. The second-order valence-corrected chi connectivity index (χ2v) is 10.6. The Morgan fingerprint density at radius 3 is 2.46 bits per heavy atom. The van der Waals surface area contributed by atoms with Crippen molar-refractivity contribution in [3.8, 4) is 11.3 Å². The van der Waals surface area contributed by atoms with Crippen LogP contribution in [-0.2, 0) is 18.5 Å². The highest BCUT2D eigenvalue weighted by Gasteiger charge is 2.23. The molecule has 4 aromatic heterocycles. The Morgan fingerprint density at radius 1 is 1.00 bits per heavy atom. The van der Waals surface area contributed by atoms with Gasteiger partial charge in [-0.15, -0.1) is 0 Å². The highest BCUT2D eigenvalue weighted by molar-refractivity contribution is 5.83. The van der Waals surface area contributed by atoms with Crippen LogP contribution >= 0.6 is 0 Å². The summed E-state index contributed by atoms with van der Waals surface area (Å²) in [5.41, 5.74) is 9.40. The van der Waals surface area contributed by atoms with Crippen LogP contribution in [-0.4, -0.2) is 19.9 Å². The second-order valence-electron chi connectivity index (χ2n) is 10.6. The molecule has 4 aromatic rings. The van der Waals surface area contributed by atoms with E-state index >= 15 is 0 Å². The van der Waals surface area contributed by atoms with Crippen molar-refractivity contribution in [2.75, 3.05) is 5.32 Å². The molecule has 4 heterocycles. The minimum absolute atomic E-state index is 0.579. The predicted molar refractivity (Wildman–Crippen MR) is 169 cm³/mol. The van der Waals surface area contributed by atoms with E-state index in [-0.39, 0.29) is 0 Å². The van der Waals surface area contributed by atoms with Crippen LogP contribution in [0.5, 0.6) is 0 Å². The summed E-state index contributed by atoms with van der Waals surface area (Å²) in [4.78, 5) is 18.2. The van der Waals surface area contributed by atoms with E-state index in [0.717, 1.165) is 62.8 Å². The average molecular weight is 548 g/mol. The Balaban J connectivity index is 1.50. The number of allylic oxidation sites excluding steroid dienone is 2. The van der Waals surface area contributed by atoms with Crippen molar-refractivity contribution >= 4 is 23.4 Å². The molecule has 0 amide bonds. The summed E-state index contributed by atoms with van der Waals surface area (Å²) in [6.07, 6.45) is 13.3. The molecule has 210 valence electrons. The first-order valence-corrected chi connectivity index (χ1v) is 14.0. The van der Waals surface area contributed by atoms with Crippen LogP contribution in [0.3, 0.4) is 0 Å². The van der Waals surface area contributed by atoms with Gasteiger partial charge in [-0.3, -0.25) is 19.9 Å². The number of hydrogen-bond acceptors (Lipinski definition) is 5. The smallest absolute Gasteiger partial charge is 0.132 e. The van der Waals surface area contributed by atoms with E-state index in [1.807, 2.05) is 56.7 Å². The molecule has 6 heteroatoms. The number of anilines is 1. The van der Waals surface area contributed by atoms with Gasteiger partial charge < -0.3 is 5.32 Å². The summed E-state index contributed by atoms with van der Waals surface area (Å²) < 4.78 is 14.7. The average Bonchev–Trinajstić information content (AvgIpc) is 2.96. The van der Waals surface area contributed by atoms with E-state index in [1.165, 1.54) is 5.57 Å². The molecule has 0 aromatic carbocycles. The van der Waals surface area contributed by atoms with Crippen LogP contribution in [0.15, 0.2) is 80.0 Å². The molecule has 41 heavy (non-hydrogen) atoms. The summed E-state index contributed by atoms with van der Waals surface area (Å²) in [7, 11) is 0. The molecule has 0 radical (unpaired) electrons. The largest absolute Gasteiger partial charge is 0.358 e. The molecule has 0 saturated carbocycles. The van der Waals surface area contributed by atoms with Crippen molar-refractivity contribution in [1.29, 1.82) is 0 Å². The fourth-order valence-electron chi connectivity index (χ4n) is 4.73. The zero-order valence-corrected chi connectivity index (χ0v) is 24.6. The van der Waals surface area contributed by atoms with Crippen LogP contribution in [0.25, 0.3) is 29.0 Å². The van der Waals surface area contributed by atoms with Gasteiger partial charge in [0.2, 0.25) is 0 Å². The molecule has 0 saturated heterocycles. The van der Waals surface area contributed by atoms with E-state index in [0.29, 0.717) is 18.4 Å². The lowest BCUT2D eigenvalue weighted by molar-refractivity contribution is 0.219. The molecule has 0 spiro atoms. The summed E-state index contributed by atoms with van der Waals surface area (Å²) in [5.74, 6) is 0. The molecule has 4 rings (SSSR count). The normalized spacial score (nSPS) is 11.8. The topological polar surface area (TPSA) is 63.6 Å². The zero-order chi connectivity index (χ0) is 29.6. The SMILES string of the molecule is C=Cc1cc(/C(=C/c2cc(-c3ccc(CC(=C)Nc4cnc(CC)c(C(C)(C)F)c4)cn3)cnc2C)CC)ccn1. The van der Waals surface area contributed by atoms with Gasteiger partial charge in [0.1, 0.15) is 5.67 Å². The number of nitrogens with one attached hydrogen (secondary N) is 1. The molecule has 0 fully saturated rings. The number of alkyl halides is 1. The van der Waals surface area contributed by atoms with Crippen LogP contribution < -0.4 is 5.32 Å². The zero-order valence-electron chi connectivity index (χ0n) is 24.6. The molecule has 1 N–H and O–H groups in total.